The molecule has 0 spiro atoms. The summed E-state index contributed by atoms with van der Waals surface area (Å²) in [5.74, 6) is -7.32. The van der Waals surface area contributed by atoms with Gasteiger partial charge in [0.15, 0.2) is 0 Å². The molecule has 11 heteroatoms. The minimum atomic E-state index is -1.94. The Morgan fingerprint density at radius 3 is 1.14 bits per heavy atom. The van der Waals surface area contributed by atoms with Gasteiger partial charge in [-0.2, -0.15) is 0 Å². The summed E-state index contributed by atoms with van der Waals surface area (Å²) in [6.45, 7) is 0. The predicted molar refractivity (Wildman–Crippen MR) is 52.6 cm³/mol. The summed E-state index contributed by atoms with van der Waals surface area (Å²) in [6.07, 6.45) is 0. The summed E-state index contributed by atoms with van der Waals surface area (Å²) in [7, 11) is 0. The van der Waals surface area contributed by atoms with Crippen molar-refractivity contribution >= 4 is 23.9 Å². The van der Waals surface area contributed by atoms with Crippen LogP contribution in [0.15, 0.2) is 12.1 Å². The third kappa shape index (κ3) is 6.54. The van der Waals surface area contributed by atoms with Crippen molar-refractivity contribution in [3.8, 4) is 0 Å². The van der Waals surface area contributed by atoms with Crippen molar-refractivity contribution in [1.82, 2.24) is 0 Å². The van der Waals surface area contributed by atoms with Crippen LogP contribution in [0.5, 0.6) is 0 Å². The van der Waals surface area contributed by atoms with Crippen LogP contribution in [0, 0.1) is 0 Å². The Kier molecular flexibility index (Phi) is 13.7. The average Bonchev–Trinajstić information content (AvgIpc) is 2.26. The number of carboxylic acid groups (broad SMARTS) is 4. The maximum absolute atomic E-state index is 10.7. The predicted octanol–water partition coefficient (Wildman–Crippen LogP) is -9.01. The van der Waals surface area contributed by atoms with E-state index in [0.717, 1.165) is 0 Å². The van der Waals surface area contributed by atoms with Crippen LogP contribution in [0.25, 0.3) is 0 Å². The van der Waals surface area contributed by atoms with Crippen LogP contribution in [-0.4, -0.2) is 39.6 Å². The summed E-state index contributed by atoms with van der Waals surface area (Å²) in [4.78, 5) is 42.8. The van der Waals surface area contributed by atoms with Gasteiger partial charge in [-0.25, -0.2) is 9.59 Å². The molecular weight excluding hydrogens is 342 g/mol. The molecule has 1 aromatic rings. The second kappa shape index (κ2) is 11.0. The molecule has 0 aliphatic heterocycles. The number of rotatable bonds is 4. The summed E-state index contributed by atoms with van der Waals surface area (Å²) in [5.41, 5.74) is -3.63. The molecule has 0 saturated carbocycles. The van der Waals surface area contributed by atoms with Crippen LogP contribution in [0.3, 0.4) is 0 Å². The molecule has 0 aliphatic carbocycles. The van der Waals surface area contributed by atoms with E-state index >= 15 is 0 Å². The van der Waals surface area contributed by atoms with Crippen LogP contribution in [0.2, 0.25) is 0 Å². The zero-order chi connectivity index (χ0) is 14.0. The van der Waals surface area contributed by atoms with Gasteiger partial charge in [-0.1, -0.05) is 0 Å². The third-order valence-electron chi connectivity index (χ3n) is 2.06. The van der Waals surface area contributed by atoms with Gasteiger partial charge in [-0.15, -0.1) is 0 Å². The Bertz CT molecular complexity index is 484. The smallest absolute Gasteiger partial charge is 0.545 e. The summed E-state index contributed by atoms with van der Waals surface area (Å²) in [5, 5.41) is 38.7. The van der Waals surface area contributed by atoms with Crippen molar-refractivity contribution in [2.24, 2.45) is 0 Å². The van der Waals surface area contributed by atoms with E-state index in [4.69, 9.17) is 10.2 Å². The first-order chi connectivity index (χ1) is 8.25. The zero-order valence-electron chi connectivity index (χ0n) is 11.0. The molecule has 1 rings (SSSR count). The first kappa shape index (κ1) is 26.2. The van der Waals surface area contributed by atoms with Gasteiger partial charge in [0.25, 0.3) is 0 Å². The molecule has 0 amide bonds. The van der Waals surface area contributed by atoms with Crippen molar-refractivity contribution in [3.63, 3.8) is 0 Å². The van der Waals surface area contributed by atoms with Gasteiger partial charge in [0.2, 0.25) is 0 Å². The second-order valence-corrected chi connectivity index (χ2v) is 3.13. The molecule has 0 heterocycles. The topological polar surface area (TPSA) is 186 Å². The van der Waals surface area contributed by atoms with Gasteiger partial charge in [-0.3, -0.25) is 0 Å². The first-order valence-corrected chi connectivity index (χ1v) is 4.33. The van der Waals surface area contributed by atoms with Crippen molar-refractivity contribution in [2.75, 3.05) is 0 Å². The van der Waals surface area contributed by atoms with Gasteiger partial charge >= 0.3 is 115 Å². The van der Waals surface area contributed by atoms with Crippen LogP contribution in [0.4, 0.5) is 0 Å². The summed E-state index contributed by atoms with van der Waals surface area (Å²) in [6, 6.07) is 0.818. The minimum absolute atomic E-state index is 0. The van der Waals surface area contributed by atoms with E-state index in [9.17, 15) is 29.4 Å². The molecular formula is C10H6K2O9. The Labute approximate surface area is 202 Å². The molecule has 102 valence electrons. The Balaban J connectivity index is -0.00000108. The molecule has 0 radical (unpaired) electrons. The number of hydrogen-bond donors (Lipinski definition) is 2. The van der Waals surface area contributed by atoms with Crippen LogP contribution in [-0.2, 0) is 0 Å². The van der Waals surface area contributed by atoms with E-state index < -0.39 is 46.1 Å². The number of carbonyl (C=O) groups is 4. The molecule has 0 atom stereocenters. The number of carboxylic acids is 4. The quantitative estimate of drug-likeness (QED) is 0.502. The van der Waals surface area contributed by atoms with Crippen molar-refractivity contribution in [3.05, 3.63) is 34.4 Å². The average molecular weight is 348 g/mol. The van der Waals surface area contributed by atoms with Gasteiger partial charge in [0.05, 0.1) is 23.1 Å². The molecule has 0 aliphatic rings. The Morgan fingerprint density at radius 2 is 0.952 bits per heavy atom. The molecule has 0 unspecified atom stereocenters. The zero-order valence-corrected chi connectivity index (χ0v) is 17.2. The monoisotopic (exact) mass is 348 g/mol. The molecule has 1 aromatic carbocycles. The molecule has 0 bridgehead atoms. The molecule has 0 aromatic heterocycles. The second-order valence-electron chi connectivity index (χ2n) is 3.13. The normalized spacial score (nSPS) is 8.38. The molecule has 4 N–H and O–H groups in total. The van der Waals surface area contributed by atoms with E-state index in [1.165, 1.54) is 0 Å². The number of aromatic carboxylic acids is 4. The molecule has 0 saturated heterocycles. The van der Waals surface area contributed by atoms with E-state index in [1.807, 2.05) is 0 Å². The van der Waals surface area contributed by atoms with Crippen molar-refractivity contribution in [2.45, 2.75) is 0 Å². The maximum Gasteiger partial charge on any atom is 1.00 e. The molecule has 0 fully saturated rings. The fraction of sp³-hybridized carbons (Fsp3) is 0. The SMILES string of the molecule is O.O=C([O-])c1cc(C(=O)[O-])c(C(=O)O)cc1C(=O)O.[K+].[K+]. The van der Waals surface area contributed by atoms with Gasteiger partial charge in [0, 0.05) is 11.1 Å². The van der Waals surface area contributed by atoms with Gasteiger partial charge in [0.1, 0.15) is 0 Å². The van der Waals surface area contributed by atoms with E-state index in [-0.39, 0.29) is 108 Å². The Morgan fingerprint density at radius 1 is 0.714 bits per heavy atom. The van der Waals surface area contributed by atoms with Crippen LogP contribution in [0.1, 0.15) is 41.4 Å². The summed E-state index contributed by atoms with van der Waals surface area (Å²) < 4.78 is 0. The van der Waals surface area contributed by atoms with Gasteiger partial charge < -0.3 is 35.5 Å². The van der Waals surface area contributed by atoms with E-state index in [2.05, 4.69) is 0 Å². The van der Waals surface area contributed by atoms with Crippen LogP contribution >= 0.6 is 0 Å². The number of hydrogen-bond acceptors (Lipinski definition) is 6. The molecule has 21 heavy (non-hydrogen) atoms. The largest absolute Gasteiger partial charge is 1.00 e. The van der Waals surface area contributed by atoms with E-state index in [0.29, 0.717) is 12.1 Å². The first-order valence-electron chi connectivity index (χ1n) is 4.33. The standard InChI is InChI=1S/C10H6O8.2K.H2O/c11-7(12)3-1-4(8(13)14)6(10(17)18)2-5(3)9(15)16;;;/h1-2H,(H,11,12)(H,13,14)(H,15,16)(H,17,18);;;1H2/q;2*+1;/p-2. The van der Waals surface area contributed by atoms with Crippen molar-refractivity contribution in [1.29, 1.82) is 0 Å². The van der Waals surface area contributed by atoms with Crippen molar-refractivity contribution < 1.29 is 148 Å². The van der Waals surface area contributed by atoms with Crippen LogP contribution < -0.4 is 113 Å². The minimum Gasteiger partial charge on any atom is -0.545 e. The number of benzene rings is 1. The fourth-order valence-electron chi connectivity index (χ4n) is 1.29. The third-order valence-corrected chi connectivity index (χ3v) is 2.06. The van der Waals surface area contributed by atoms with E-state index in [1.54, 1.807) is 0 Å². The number of carbonyl (C=O) groups excluding carboxylic acids is 2. The summed E-state index contributed by atoms with van der Waals surface area (Å²) >= 11 is 0. The maximum atomic E-state index is 10.7. The Hall–Kier alpha value is 0.333. The van der Waals surface area contributed by atoms with Gasteiger partial charge in [-0.05, 0) is 12.1 Å². The fourth-order valence-corrected chi connectivity index (χ4v) is 1.29. The molecule has 9 nitrogen and oxygen atoms in total.